The highest BCUT2D eigenvalue weighted by molar-refractivity contribution is 7.26. The molecule has 13 aromatic rings. The van der Waals surface area contributed by atoms with Crippen LogP contribution in [-0.2, 0) is 0 Å². The van der Waals surface area contributed by atoms with Crippen molar-refractivity contribution in [2.45, 2.75) is 12.8 Å². The number of fused-ring (bicyclic) bond motifs is 13. The number of para-hydroxylation sites is 3. The molecule has 14 rings (SSSR count). The van der Waals surface area contributed by atoms with E-state index in [4.69, 9.17) is 0 Å². The Morgan fingerprint density at radius 2 is 1.00 bits per heavy atom. The molecule has 4 aromatic heterocycles. The van der Waals surface area contributed by atoms with E-state index in [9.17, 15) is 0 Å². The van der Waals surface area contributed by atoms with E-state index in [0.29, 0.717) is 0 Å². The molecule has 0 fully saturated rings. The van der Waals surface area contributed by atoms with E-state index in [-0.39, 0.29) is 0 Å². The largest absolute Gasteiger partial charge is 0.312 e. The first-order valence-corrected chi connectivity index (χ1v) is 23.0. The van der Waals surface area contributed by atoms with Crippen LogP contribution in [0.25, 0.3) is 125 Å². The molecule has 300 valence electrons. The lowest BCUT2D eigenvalue weighted by Gasteiger charge is -2.15. The van der Waals surface area contributed by atoms with E-state index in [1.165, 1.54) is 119 Å². The monoisotopic (exact) mass is 833 g/mol. The van der Waals surface area contributed by atoms with Crippen LogP contribution in [-0.4, -0.2) is 13.7 Å². The van der Waals surface area contributed by atoms with Crippen LogP contribution in [0.2, 0.25) is 0 Å². The lowest BCUT2D eigenvalue weighted by Crippen LogP contribution is -1.99. The normalized spacial score (nSPS) is 13.2. The second-order valence-corrected chi connectivity index (χ2v) is 18.2. The Kier molecular flexibility index (Phi) is 7.68. The Bertz CT molecular complexity index is 4120. The minimum atomic E-state index is 1.02. The summed E-state index contributed by atoms with van der Waals surface area (Å²) in [4.78, 5) is 0. The van der Waals surface area contributed by atoms with Gasteiger partial charge in [0, 0.05) is 69.6 Å². The molecule has 0 bridgehead atoms. The Morgan fingerprint density at radius 1 is 0.375 bits per heavy atom. The number of hydrogen-bond acceptors (Lipinski definition) is 1. The SMILES string of the molecule is C1=CCCC(n2c3ccc(-c4ccc5c(c4)c4ccc(-c6cccc7c6c6ccccc6n7-c6ccccc6)cc4n5-c4ccccc4)cc3c3ccc4sc5ccccc5c4c32)=C1. The van der Waals surface area contributed by atoms with Crippen molar-refractivity contribution in [2.75, 3.05) is 0 Å². The molecule has 0 N–H and O–H groups in total. The smallest absolute Gasteiger partial charge is 0.0630 e. The Morgan fingerprint density at radius 3 is 1.77 bits per heavy atom. The van der Waals surface area contributed by atoms with Gasteiger partial charge < -0.3 is 13.7 Å². The number of thiophene rings is 1. The second kappa shape index (κ2) is 13.8. The molecule has 1 aliphatic carbocycles. The van der Waals surface area contributed by atoms with Crippen molar-refractivity contribution < 1.29 is 0 Å². The second-order valence-electron chi connectivity index (χ2n) is 17.1. The van der Waals surface area contributed by atoms with Gasteiger partial charge in [-0.25, -0.2) is 0 Å². The van der Waals surface area contributed by atoms with Crippen molar-refractivity contribution in [1.29, 1.82) is 0 Å². The summed E-state index contributed by atoms with van der Waals surface area (Å²) in [5, 5.41) is 10.3. The Labute approximate surface area is 373 Å². The average molecular weight is 834 g/mol. The van der Waals surface area contributed by atoms with Crippen molar-refractivity contribution in [2.24, 2.45) is 0 Å². The van der Waals surface area contributed by atoms with Crippen molar-refractivity contribution in [3.63, 3.8) is 0 Å². The first-order chi connectivity index (χ1) is 31.8. The maximum atomic E-state index is 2.56. The summed E-state index contributed by atoms with van der Waals surface area (Å²) in [7, 11) is 0. The minimum Gasteiger partial charge on any atom is -0.312 e. The number of benzene rings is 9. The van der Waals surface area contributed by atoms with E-state index >= 15 is 0 Å². The zero-order valence-electron chi connectivity index (χ0n) is 34.9. The van der Waals surface area contributed by atoms with Gasteiger partial charge in [-0.3, -0.25) is 0 Å². The average Bonchev–Trinajstić information content (AvgIpc) is 4.10. The van der Waals surface area contributed by atoms with Gasteiger partial charge in [0.25, 0.3) is 0 Å². The van der Waals surface area contributed by atoms with Gasteiger partial charge in [0.15, 0.2) is 0 Å². The molecular weight excluding hydrogens is 795 g/mol. The molecule has 0 aliphatic heterocycles. The molecule has 0 saturated carbocycles. The van der Waals surface area contributed by atoms with E-state index in [1.807, 2.05) is 11.3 Å². The summed E-state index contributed by atoms with van der Waals surface area (Å²) in [6, 6.07) is 72.1. The van der Waals surface area contributed by atoms with Crippen molar-refractivity contribution in [3.8, 4) is 33.6 Å². The lowest BCUT2D eigenvalue weighted by atomic mass is 9.97. The molecular formula is C60H39N3S. The fraction of sp³-hybridized carbons (Fsp3) is 0.0333. The molecule has 1 aliphatic rings. The van der Waals surface area contributed by atoms with Gasteiger partial charge in [-0.2, -0.15) is 0 Å². The van der Waals surface area contributed by atoms with Gasteiger partial charge in [-0.15, -0.1) is 11.3 Å². The highest BCUT2D eigenvalue weighted by atomic mass is 32.1. The van der Waals surface area contributed by atoms with Crippen LogP contribution in [0.15, 0.2) is 212 Å². The lowest BCUT2D eigenvalue weighted by molar-refractivity contribution is 0.981. The molecule has 0 saturated heterocycles. The standard InChI is InChI=1S/C60H39N3S/c1-4-15-41(16-5-1)61-51-24-12-10-21-47(51)58-44(23-14-25-54(58)61)40-27-30-45-49-35-38(28-32-52(49)62(55(45)37-40)42-17-6-2-7-18-42)39-29-33-53-50(36-39)46-31-34-57-59(48-22-11-13-26-56(48)64-57)60(46)63(53)43-19-8-3-9-20-43/h1-8,10-19,21-37H,9,20H2. The third-order valence-electron chi connectivity index (χ3n) is 13.7. The Hall–Kier alpha value is -7.92. The molecule has 4 heteroatoms. The summed E-state index contributed by atoms with van der Waals surface area (Å²) >= 11 is 1.89. The first kappa shape index (κ1) is 35.7. The quantitative estimate of drug-likeness (QED) is 0.164. The summed E-state index contributed by atoms with van der Waals surface area (Å²) in [5.41, 5.74) is 15.9. The Balaban J connectivity index is 0.979. The molecule has 0 unspecified atom stereocenters. The van der Waals surface area contributed by atoms with Gasteiger partial charge >= 0.3 is 0 Å². The minimum absolute atomic E-state index is 1.02. The maximum absolute atomic E-state index is 2.56. The maximum Gasteiger partial charge on any atom is 0.0630 e. The van der Waals surface area contributed by atoms with Gasteiger partial charge in [0.2, 0.25) is 0 Å². The predicted molar refractivity (Wildman–Crippen MR) is 275 cm³/mol. The molecule has 9 aromatic carbocycles. The molecule has 64 heavy (non-hydrogen) atoms. The van der Waals surface area contributed by atoms with Gasteiger partial charge in [-0.1, -0.05) is 127 Å². The van der Waals surface area contributed by atoms with Crippen molar-refractivity contribution in [3.05, 3.63) is 212 Å². The van der Waals surface area contributed by atoms with E-state index in [2.05, 4.69) is 226 Å². The van der Waals surface area contributed by atoms with Crippen LogP contribution in [0.3, 0.4) is 0 Å². The van der Waals surface area contributed by atoms with E-state index < -0.39 is 0 Å². The highest BCUT2D eigenvalue weighted by Gasteiger charge is 2.22. The van der Waals surface area contributed by atoms with Crippen LogP contribution in [0.1, 0.15) is 12.8 Å². The summed E-state index contributed by atoms with van der Waals surface area (Å²) in [6.07, 6.45) is 8.90. The van der Waals surface area contributed by atoms with Crippen LogP contribution in [0.4, 0.5) is 0 Å². The van der Waals surface area contributed by atoms with Crippen molar-refractivity contribution >= 4 is 103 Å². The number of allylic oxidation sites excluding steroid dienone is 4. The fourth-order valence-corrected chi connectivity index (χ4v) is 12.0. The number of nitrogens with zero attached hydrogens (tertiary/aromatic N) is 3. The van der Waals surface area contributed by atoms with Crippen LogP contribution >= 0.6 is 11.3 Å². The number of hydrogen-bond donors (Lipinski definition) is 0. The third kappa shape index (κ3) is 5.15. The molecule has 0 radical (unpaired) electrons. The van der Waals surface area contributed by atoms with Gasteiger partial charge in [0.05, 0.1) is 33.1 Å². The highest BCUT2D eigenvalue weighted by Crippen LogP contribution is 2.46. The molecule has 0 atom stereocenters. The van der Waals surface area contributed by atoms with Gasteiger partial charge in [0.1, 0.15) is 0 Å². The molecule has 0 amide bonds. The van der Waals surface area contributed by atoms with Crippen LogP contribution in [0, 0.1) is 0 Å². The molecule has 4 heterocycles. The van der Waals surface area contributed by atoms with Gasteiger partial charge in [-0.05, 0) is 120 Å². The van der Waals surface area contributed by atoms with E-state index in [1.54, 1.807) is 0 Å². The summed E-state index contributed by atoms with van der Waals surface area (Å²) in [6.45, 7) is 0. The first-order valence-electron chi connectivity index (χ1n) is 22.2. The van der Waals surface area contributed by atoms with Crippen molar-refractivity contribution in [1.82, 2.24) is 13.7 Å². The molecule has 0 spiro atoms. The topological polar surface area (TPSA) is 14.8 Å². The molecule has 3 nitrogen and oxygen atoms in total. The number of aromatic nitrogens is 3. The van der Waals surface area contributed by atoms with E-state index in [0.717, 1.165) is 18.5 Å². The predicted octanol–water partition coefficient (Wildman–Crippen LogP) is 16.9. The zero-order chi connectivity index (χ0) is 41.9. The summed E-state index contributed by atoms with van der Waals surface area (Å²) in [5.74, 6) is 0. The van der Waals surface area contributed by atoms with Crippen LogP contribution in [0.5, 0.6) is 0 Å². The summed E-state index contributed by atoms with van der Waals surface area (Å²) < 4.78 is 10.1. The zero-order valence-corrected chi connectivity index (χ0v) is 35.7. The van der Waals surface area contributed by atoms with Crippen LogP contribution < -0.4 is 0 Å². The fourth-order valence-electron chi connectivity index (χ4n) is 10.9. The number of rotatable bonds is 5. The third-order valence-corrected chi connectivity index (χ3v) is 14.8.